The molecule has 13 heavy (non-hydrogen) atoms. The molecule has 3 N–H and O–H groups in total. The number of halogens is 1. The second-order valence-electron chi connectivity index (χ2n) is 3.56. The molecule has 0 saturated carbocycles. The van der Waals surface area contributed by atoms with Gasteiger partial charge in [-0.15, -0.1) is 0 Å². The molecular weight excluding hydrogens is 234 g/mol. The maximum Gasteiger partial charge on any atom is 0.169 e. The zero-order valence-electron chi connectivity index (χ0n) is 7.22. The van der Waals surface area contributed by atoms with Crippen LogP contribution in [0.5, 0.6) is 0 Å². The first kappa shape index (κ1) is 9.24. The second-order valence-corrected chi connectivity index (χ2v) is 4.34. The lowest BCUT2D eigenvalue weighted by Crippen LogP contribution is -2.42. The lowest BCUT2D eigenvalue weighted by atomic mass is 9.81. The number of hydrogen-bond acceptors (Lipinski definition) is 3. The maximum atomic E-state index is 9.22. The molecule has 0 bridgehead atoms. The van der Waals surface area contributed by atoms with Gasteiger partial charge in [0, 0.05) is 12.0 Å². The Morgan fingerprint density at radius 3 is 3.15 bits per heavy atom. The summed E-state index contributed by atoms with van der Waals surface area (Å²) in [6, 6.07) is 1.87. The summed E-state index contributed by atoms with van der Waals surface area (Å²) in [5.74, 6) is 0.912. The second kappa shape index (κ2) is 3.12. The molecular formula is C9H12BrNO2. The molecule has 0 spiro atoms. The predicted molar refractivity (Wildman–Crippen MR) is 52.3 cm³/mol. The third kappa shape index (κ3) is 1.43. The molecule has 0 saturated heterocycles. The smallest absolute Gasteiger partial charge is 0.169 e. The number of fused-ring (bicyclic) bond motifs is 1. The summed E-state index contributed by atoms with van der Waals surface area (Å²) in [7, 11) is 0. The summed E-state index contributed by atoms with van der Waals surface area (Å²) in [4.78, 5) is 0. The zero-order valence-corrected chi connectivity index (χ0v) is 8.80. The molecule has 0 fully saturated rings. The van der Waals surface area contributed by atoms with Gasteiger partial charge in [-0.05, 0) is 34.8 Å². The molecule has 1 aliphatic rings. The minimum Gasteiger partial charge on any atom is -0.454 e. The normalized spacial score (nSPS) is 27.3. The van der Waals surface area contributed by atoms with Crippen molar-refractivity contribution in [2.24, 2.45) is 5.73 Å². The first-order chi connectivity index (χ1) is 6.15. The van der Waals surface area contributed by atoms with E-state index < -0.39 is 5.54 Å². The van der Waals surface area contributed by atoms with E-state index in [0.29, 0.717) is 4.67 Å². The lowest BCUT2D eigenvalue weighted by Gasteiger charge is -2.30. The topological polar surface area (TPSA) is 59.4 Å². The van der Waals surface area contributed by atoms with Crippen LogP contribution in [0.15, 0.2) is 15.2 Å². The molecule has 1 unspecified atom stereocenters. The molecule has 1 heterocycles. The number of aliphatic hydroxyl groups excluding tert-OH is 1. The highest BCUT2D eigenvalue weighted by Crippen LogP contribution is 2.36. The number of hydrogen-bond donors (Lipinski definition) is 2. The van der Waals surface area contributed by atoms with Crippen LogP contribution in [-0.4, -0.2) is 11.7 Å². The van der Waals surface area contributed by atoms with Crippen molar-refractivity contribution in [3.05, 3.63) is 22.1 Å². The van der Waals surface area contributed by atoms with E-state index in [4.69, 9.17) is 10.2 Å². The third-order valence-corrected chi connectivity index (χ3v) is 3.01. The van der Waals surface area contributed by atoms with Crippen molar-refractivity contribution in [2.45, 2.75) is 24.8 Å². The average Bonchev–Trinajstić information content (AvgIpc) is 2.48. The lowest BCUT2D eigenvalue weighted by molar-refractivity contribution is 0.175. The summed E-state index contributed by atoms with van der Waals surface area (Å²) < 4.78 is 6.13. The summed E-state index contributed by atoms with van der Waals surface area (Å²) in [5.41, 5.74) is 6.41. The molecule has 1 atom stereocenters. The van der Waals surface area contributed by atoms with E-state index in [9.17, 15) is 5.11 Å². The van der Waals surface area contributed by atoms with Crippen molar-refractivity contribution < 1.29 is 9.52 Å². The third-order valence-electron chi connectivity index (χ3n) is 2.62. The summed E-state index contributed by atoms with van der Waals surface area (Å²) in [5, 5.41) is 9.22. The molecule has 1 aromatic rings. The number of nitrogens with two attached hydrogens (primary N) is 1. The molecule has 3 nitrogen and oxygen atoms in total. The van der Waals surface area contributed by atoms with Gasteiger partial charge in [0.2, 0.25) is 0 Å². The average molecular weight is 246 g/mol. The maximum absolute atomic E-state index is 9.22. The van der Waals surface area contributed by atoms with Crippen LogP contribution in [0.3, 0.4) is 0 Å². The largest absolute Gasteiger partial charge is 0.454 e. The van der Waals surface area contributed by atoms with E-state index in [1.165, 1.54) is 0 Å². The van der Waals surface area contributed by atoms with E-state index in [0.717, 1.165) is 30.6 Å². The minimum atomic E-state index is -0.594. The summed E-state index contributed by atoms with van der Waals surface area (Å²) in [6.07, 6.45) is 2.71. The molecule has 0 aromatic carbocycles. The van der Waals surface area contributed by atoms with Crippen LogP contribution in [0.4, 0.5) is 0 Å². The molecule has 0 amide bonds. The quantitative estimate of drug-likeness (QED) is 0.789. The molecule has 1 aliphatic carbocycles. The number of furan rings is 1. The highest BCUT2D eigenvalue weighted by atomic mass is 79.9. The van der Waals surface area contributed by atoms with Crippen molar-refractivity contribution in [3.63, 3.8) is 0 Å². The fraction of sp³-hybridized carbons (Fsp3) is 0.556. The van der Waals surface area contributed by atoms with Gasteiger partial charge in [0.25, 0.3) is 0 Å². The van der Waals surface area contributed by atoms with Gasteiger partial charge >= 0.3 is 0 Å². The van der Waals surface area contributed by atoms with Crippen LogP contribution in [-0.2, 0) is 12.0 Å². The van der Waals surface area contributed by atoms with Crippen LogP contribution in [0.2, 0.25) is 0 Å². The fourth-order valence-corrected chi connectivity index (χ4v) is 2.29. The van der Waals surface area contributed by atoms with Crippen molar-refractivity contribution in [1.29, 1.82) is 0 Å². The first-order valence-corrected chi connectivity index (χ1v) is 5.13. The Labute approximate surface area is 85.0 Å². The van der Waals surface area contributed by atoms with Gasteiger partial charge in [-0.3, -0.25) is 0 Å². The number of aliphatic hydroxyl groups is 1. The van der Waals surface area contributed by atoms with Crippen LogP contribution in [0, 0.1) is 0 Å². The van der Waals surface area contributed by atoms with Crippen LogP contribution < -0.4 is 5.73 Å². The first-order valence-electron chi connectivity index (χ1n) is 4.34. The summed E-state index contributed by atoms with van der Waals surface area (Å²) >= 11 is 3.27. The zero-order chi connectivity index (χ0) is 9.47. The Bertz CT molecular complexity index is 323. The van der Waals surface area contributed by atoms with Gasteiger partial charge in [-0.2, -0.15) is 0 Å². The van der Waals surface area contributed by atoms with E-state index >= 15 is 0 Å². The van der Waals surface area contributed by atoms with E-state index in [2.05, 4.69) is 15.9 Å². The Balaban J connectivity index is 2.47. The Morgan fingerprint density at radius 2 is 2.46 bits per heavy atom. The van der Waals surface area contributed by atoms with Gasteiger partial charge < -0.3 is 15.3 Å². The van der Waals surface area contributed by atoms with Gasteiger partial charge in [0.1, 0.15) is 5.76 Å². The number of aryl methyl sites for hydroxylation is 1. The van der Waals surface area contributed by atoms with Crippen LogP contribution >= 0.6 is 15.9 Å². The highest BCUT2D eigenvalue weighted by molar-refractivity contribution is 9.10. The Hall–Kier alpha value is -0.320. The SMILES string of the molecule is NC1(CO)CCCc2oc(Br)cc21. The van der Waals surface area contributed by atoms with E-state index in [-0.39, 0.29) is 6.61 Å². The summed E-state index contributed by atoms with van der Waals surface area (Å²) in [6.45, 7) is -0.0219. The van der Waals surface area contributed by atoms with Gasteiger partial charge in [-0.1, -0.05) is 0 Å². The van der Waals surface area contributed by atoms with Crippen LogP contribution in [0.25, 0.3) is 0 Å². The monoisotopic (exact) mass is 245 g/mol. The molecule has 1 aromatic heterocycles. The van der Waals surface area contributed by atoms with Crippen molar-refractivity contribution in [2.75, 3.05) is 6.61 Å². The molecule has 2 rings (SSSR count). The van der Waals surface area contributed by atoms with Gasteiger partial charge in [0.05, 0.1) is 12.1 Å². The van der Waals surface area contributed by atoms with Gasteiger partial charge in [-0.25, -0.2) is 0 Å². The Kier molecular flexibility index (Phi) is 2.21. The van der Waals surface area contributed by atoms with E-state index in [1.807, 2.05) is 6.07 Å². The highest BCUT2D eigenvalue weighted by Gasteiger charge is 2.34. The minimum absolute atomic E-state index is 0.0219. The van der Waals surface area contributed by atoms with Gasteiger partial charge in [0.15, 0.2) is 4.67 Å². The van der Waals surface area contributed by atoms with E-state index in [1.54, 1.807) is 0 Å². The standard InChI is InChI=1S/C9H12BrNO2/c10-8-4-6-7(13-8)2-1-3-9(6,11)5-12/h4,12H,1-3,5,11H2. The number of rotatable bonds is 1. The van der Waals surface area contributed by atoms with Crippen molar-refractivity contribution in [3.8, 4) is 0 Å². The molecule has 4 heteroatoms. The van der Waals surface area contributed by atoms with Crippen molar-refractivity contribution >= 4 is 15.9 Å². The fourth-order valence-electron chi connectivity index (χ4n) is 1.87. The van der Waals surface area contributed by atoms with Crippen LogP contribution in [0.1, 0.15) is 24.2 Å². The molecule has 0 radical (unpaired) electrons. The molecule has 0 aliphatic heterocycles. The molecule has 72 valence electrons. The Morgan fingerprint density at radius 1 is 1.69 bits per heavy atom. The predicted octanol–water partition coefficient (Wildman–Crippen LogP) is 1.52. The van der Waals surface area contributed by atoms with Crippen molar-refractivity contribution in [1.82, 2.24) is 0 Å².